The number of carbonyl (C=O) groups excluding carboxylic acids is 1. The van der Waals surface area contributed by atoms with Crippen molar-refractivity contribution >= 4 is 11.7 Å². The van der Waals surface area contributed by atoms with Crippen LogP contribution in [0.4, 0.5) is 5.69 Å². The van der Waals surface area contributed by atoms with E-state index in [1.165, 1.54) is 0 Å². The second-order valence-corrected chi connectivity index (χ2v) is 4.23. The van der Waals surface area contributed by atoms with E-state index in [1.807, 2.05) is 6.07 Å². The van der Waals surface area contributed by atoms with Gasteiger partial charge in [0.15, 0.2) is 0 Å². The minimum Gasteiger partial charge on any atom is -0.464 e. The quantitative estimate of drug-likeness (QED) is 0.666. The Kier molecular flexibility index (Phi) is 3.37. The molecule has 2 rings (SSSR count). The van der Waals surface area contributed by atoms with E-state index < -0.39 is 5.97 Å². The van der Waals surface area contributed by atoms with E-state index in [0.29, 0.717) is 17.0 Å². The van der Waals surface area contributed by atoms with Crippen LogP contribution in [0.3, 0.4) is 0 Å². The van der Waals surface area contributed by atoms with Crippen molar-refractivity contribution in [1.82, 2.24) is 0 Å². The smallest absolute Gasteiger partial charge is 0.340 e. The minimum absolute atomic E-state index is 0.177. The molecule has 0 saturated carbocycles. The van der Waals surface area contributed by atoms with Gasteiger partial charge in [0.2, 0.25) is 0 Å². The van der Waals surface area contributed by atoms with E-state index >= 15 is 0 Å². The molecule has 0 radical (unpaired) electrons. The zero-order valence-corrected chi connectivity index (χ0v) is 10.3. The molecule has 0 bridgehead atoms. The van der Waals surface area contributed by atoms with E-state index in [0.717, 1.165) is 5.56 Å². The molecule has 2 N–H and O–H groups in total. The second kappa shape index (κ2) is 4.96. The zero-order valence-electron chi connectivity index (χ0n) is 10.3. The molecule has 0 aliphatic heterocycles. The fourth-order valence-electron chi connectivity index (χ4n) is 1.61. The Balaban J connectivity index is 2.36. The van der Waals surface area contributed by atoms with E-state index in [-0.39, 0.29) is 6.10 Å². The first kappa shape index (κ1) is 12.2. The van der Waals surface area contributed by atoms with Crippen LogP contribution in [-0.2, 0) is 4.74 Å². The molecule has 0 amide bonds. The lowest BCUT2D eigenvalue weighted by Gasteiger charge is -2.10. The number of nitrogen functional groups attached to an aromatic ring is 1. The van der Waals surface area contributed by atoms with Crippen LogP contribution in [0, 0.1) is 0 Å². The van der Waals surface area contributed by atoms with Gasteiger partial charge in [0.25, 0.3) is 0 Å². The van der Waals surface area contributed by atoms with Crippen LogP contribution in [0.15, 0.2) is 41.0 Å². The Labute approximate surface area is 105 Å². The normalized spacial score (nSPS) is 10.6. The Morgan fingerprint density at radius 1 is 1.33 bits per heavy atom. The topological polar surface area (TPSA) is 65.5 Å². The Bertz CT molecular complexity index is 544. The fraction of sp³-hybridized carbons (Fsp3) is 0.214. The van der Waals surface area contributed by atoms with Crippen molar-refractivity contribution in [2.45, 2.75) is 20.0 Å². The summed E-state index contributed by atoms with van der Waals surface area (Å²) in [5, 5.41) is 0. The SMILES string of the molecule is CC(C)OC(=O)c1cc(-c2ccco2)ccc1N. The van der Waals surface area contributed by atoms with Gasteiger partial charge in [-0.15, -0.1) is 0 Å². The molecule has 4 heteroatoms. The van der Waals surface area contributed by atoms with Gasteiger partial charge in [-0.1, -0.05) is 0 Å². The molecule has 0 spiro atoms. The summed E-state index contributed by atoms with van der Waals surface area (Å²) < 4.78 is 10.4. The lowest BCUT2D eigenvalue weighted by atomic mass is 10.1. The third kappa shape index (κ3) is 2.53. The summed E-state index contributed by atoms with van der Waals surface area (Å²) in [5.41, 5.74) is 7.34. The number of nitrogens with two attached hydrogens (primary N) is 1. The molecule has 1 aromatic heterocycles. The van der Waals surface area contributed by atoms with E-state index in [1.54, 1.807) is 44.4 Å². The lowest BCUT2D eigenvalue weighted by molar-refractivity contribution is 0.0379. The van der Waals surface area contributed by atoms with Crippen LogP contribution in [0.25, 0.3) is 11.3 Å². The van der Waals surface area contributed by atoms with Gasteiger partial charge in [0, 0.05) is 11.3 Å². The van der Waals surface area contributed by atoms with Gasteiger partial charge in [0.05, 0.1) is 17.9 Å². The van der Waals surface area contributed by atoms with Crippen LogP contribution >= 0.6 is 0 Å². The molecule has 0 aliphatic carbocycles. The summed E-state index contributed by atoms with van der Waals surface area (Å²) in [6.07, 6.45) is 1.40. The van der Waals surface area contributed by atoms with E-state index in [4.69, 9.17) is 14.9 Å². The van der Waals surface area contributed by atoms with Gasteiger partial charge in [-0.2, -0.15) is 0 Å². The summed E-state index contributed by atoms with van der Waals surface area (Å²) in [4.78, 5) is 11.9. The van der Waals surface area contributed by atoms with Crippen LogP contribution < -0.4 is 5.73 Å². The predicted octanol–water partition coefficient (Wildman–Crippen LogP) is 3.09. The third-order valence-corrected chi connectivity index (χ3v) is 2.42. The second-order valence-electron chi connectivity index (χ2n) is 4.23. The zero-order chi connectivity index (χ0) is 13.1. The molecule has 4 nitrogen and oxygen atoms in total. The monoisotopic (exact) mass is 245 g/mol. The Hall–Kier alpha value is -2.23. The highest BCUT2D eigenvalue weighted by Gasteiger charge is 2.14. The molecule has 1 aromatic carbocycles. The molecule has 0 unspecified atom stereocenters. The first-order valence-electron chi connectivity index (χ1n) is 5.72. The van der Waals surface area contributed by atoms with Gasteiger partial charge in [-0.25, -0.2) is 4.79 Å². The van der Waals surface area contributed by atoms with E-state index in [2.05, 4.69) is 0 Å². The van der Waals surface area contributed by atoms with Crippen molar-refractivity contribution < 1.29 is 13.9 Å². The lowest BCUT2D eigenvalue weighted by Crippen LogP contribution is -2.13. The highest BCUT2D eigenvalue weighted by molar-refractivity contribution is 5.96. The van der Waals surface area contributed by atoms with Crippen molar-refractivity contribution in [2.75, 3.05) is 5.73 Å². The fourth-order valence-corrected chi connectivity index (χ4v) is 1.61. The number of hydrogen-bond donors (Lipinski definition) is 1. The Morgan fingerprint density at radius 2 is 2.11 bits per heavy atom. The third-order valence-electron chi connectivity index (χ3n) is 2.42. The summed E-state index contributed by atoms with van der Waals surface area (Å²) in [6.45, 7) is 3.59. The van der Waals surface area contributed by atoms with E-state index in [9.17, 15) is 4.79 Å². The number of ether oxygens (including phenoxy) is 1. The number of benzene rings is 1. The molecule has 0 saturated heterocycles. The molecule has 0 fully saturated rings. The number of esters is 1. The summed E-state index contributed by atoms with van der Waals surface area (Å²) in [7, 11) is 0. The maximum Gasteiger partial charge on any atom is 0.340 e. The van der Waals surface area contributed by atoms with Crippen molar-refractivity contribution in [3.63, 3.8) is 0 Å². The van der Waals surface area contributed by atoms with Crippen LogP contribution in [0.1, 0.15) is 24.2 Å². The number of furan rings is 1. The van der Waals surface area contributed by atoms with Crippen LogP contribution in [0.2, 0.25) is 0 Å². The van der Waals surface area contributed by atoms with Gasteiger partial charge >= 0.3 is 5.97 Å². The van der Waals surface area contributed by atoms with Crippen molar-refractivity contribution in [3.05, 3.63) is 42.2 Å². The number of hydrogen-bond acceptors (Lipinski definition) is 4. The maximum atomic E-state index is 11.9. The van der Waals surface area contributed by atoms with Crippen molar-refractivity contribution in [1.29, 1.82) is 0 Å². The average Bonchev–Trinajstić information content (AvgIpc) is 2.82. The van der Waals surface area contributed by atoms with Crippen molar-refractivity contribution in [3.8, 4) is 11.3 Å². The Morgan fingerprint density at radius 3 is 2.72 bits per heavy atom. The molecule has 1 heterocycles. The molecule has 2 aromatic rings. The number of rotatable bonds is 3. The predicted molar refractivity (Wildman–Crippen MR) is 69.1 cm³/mol. The van der Waals surface area contributed by atoms with Gasteiger partial charge in [-0.05, 0) is 44.2 Å². The molecular weight excluding hydrogens is 230 g/mol. The van der Waals surface area contributed by atoms with Crippen LogP contribution in [-0.4, -0.2) is 12.1 Å². The maximum absolute atomic E-state index is 11.9. The van der Waals surface area contributed by atoms with Gasteiger partial charge < -0.3 is 14.9 Å². The largest absolute Gasteiger partial charge is 0.464 e. The first-order chi connectivity index (χ1) is 8.58. The molecule has 18 heavy (non-hydrogen) atoms. The molecule has 94 valence electrons. The molecule has 0 aliphatic rings. The highest BCUT2D eigenvalue weighted by Crippen LogP contribution is 2.24. The van der Waals surface area contributed by atoms with Gasteiger partial charge in [0.1, 0.15) is 5.76 Å². The summed E-state index contributed by atoms with van der Waals surface area (Å²) in [5.74, 6) is 0.268. The van der Waals surface area contributed by atoms with Gasteiger partial charge in [-0.3, -0.25) is 0 Å². The standard InChI is InChI=1S/C14H15NO3/c1-9(2)18-14(16)11-8-10(5-6-12(11)15)13-4-3-7-17-13/h3-9H,15H2,1-2H3. The molecular formula is C14H15NO3. The average molecular weight is 245 g/mol. The minimum atomic E-state index is -0.420. The first-order valence-corrected chi connectivity index (χ1v) is 5.72. The number of carbonyl (C=O) groups is 1. The van der Waals surface area contributed by atoms with Crippen molar-refractivity contribution in [2.24, 2.45) is 0 Å². The number of anilines is 1. The highest BCUT2D eigenvalue weighted by atomic mass is 16.5. The van der Waals surface area contributed by atoms with Crippen LogP contribution in [0.5, 0.6) is 0 Å². The summed E-state index contributed by atoms with van der Waals surface area (Å²) >= 11 is 0. The molecule has 0 atom stereocenters. The summed E-state index contributed by atoms with van der Waals surface area (Å²) in [6, 6.07) is 8.77.